The van der Waals surface area contributed by atoms with Gasteiger partial charge in [0.15, 0.2) is 0 Å². The lowest BCUT2D eigenvalue weighted by Crippen LogP contribution is -2.43. The van der Waals surface area contributed by atoms with Gasteiger partial charge in [0.25, 0.3) is 0 Å². The molecule has 0 aliphatic rings. The van der Waals surface area contributed by atoms with Gasteiger partial charge in [0, 0.05) is 25.6 Å². The van der Waals surface area contributed by atoms with Crippen molar-refractivity contribution in [2.45, 2.75) is 46.1 Å². The molecular formula is C11H25N5O. The predicted octanol–water partition coefficient (Wildman–Crippen LogP) is 0.110. The minimum Gasteiger partial charge on any atom is -0.355 e. The van der Waals surface area contributed by atoms with Crippen LogP contribution in [0.15, 0.2) is 4.99 Å². The molecule has 0 aromatic rings. The number of amides is 1. The Morgan fingerprint density at radius 3 is 2.65 bits per heavy atom. The van der Waals surface area contributed by atoms with Crippen LogP contribution in [0.4, 0.5) is 0 Å². The lowest BCUT2D eigenvalue weighted by atomic mass is 10.3. The minimum absolute atomic E-state index is 0.0254. The van der Waals surface area contributed by atoms with E-state index < -0.39 is 0 Å². The summed E-state index contributed by atoms with van der Waals surface area (Å²) in [7, 11) is 0. The smallest absolute Gasteiger partial charge is 0.221 e. The molecule has 0 heterocycles. The highest BCUT2D eigenvalue weighted by atomic mass is 16.1. The number of rotatable bonds is 7. The standard InChI is InChI=1S/C11H25N5O/c1-4-5-7-13-11(16-12)14-8-6-10(17)15-9(2)3/h9H,4-8,12H2,1-3H3,(H,15,17)(H2,13,14,16). The van der Waals surface area contributed by atoms with Crippen LogP contribution >= 0.6 is 0 Å². The maximum Gasteiger partial charge on any atom is 0.221 e. The van der Waals surface area contributed by atoms with Crippen LogP contribution in [0.3, 0.4) is 0 Å². The molecule has 1 amide bonds. The van der Waals surface area contributed by atoms with Crippen molar-refractivity contribution in [3.05, 3.63) is 0 Å². The van der Waals surface area contributed by atoms with E-state index in [4.69, 9.17) is 5.84 Å². The van der Waals surface area contributed by atoms with Gasteiger partial charge in [-0.2, -0.15) is 0 Å². The second-order valence-electron chi connectivity index (χ2n) is 4.13. The van der Waals surface area contributed by atoms with Crippen molar-refractivity contribution in [3.63, 3.8) is 0 Å². The largest absolute Gasteiger partial charge is 0.355 e. The Hall–Kier alpha value is -1.30. The fraction of sp³-hybridized carbons (Fsp3) is 0.818. The van der Waals surface area contributed by atoms with Gasteiger partial charge in [-0.25, -0.2) is 5.84 Å². The average molecular weight is 243 g/mol. The lowest BCUT2D eigenvalue weighted by molar-refractivity contribution is -0.121. The third kappa shape index (κ3) is 9.62. The topological polar surface area (TPSA) is 91.5 Å². The number of hydrogen-bond donors (Lipinski definition) is 4. The van der Waals surface area contributed by atoms with E-state index in [1.165, 1.54) is 0 Å². The first-order valence-corrected chi connectivity index (χ1v) is 6.14. The Morgan fingerprint density at radius 2 is 2.12 bits per heavy atom. The number of unbranched alkanes of at least 4 members (excludes halogenated alkanes) is 1. The molecule has 0 aliphatic heterocycles. The van der Waals surface area contributed by atoms with E-state index in [0.29, 0.717) is 18.9 Å². The maximum atomic E-state index is 11.3. The molecule has 100 valence electrons. The summed E-state index contributed by atoms with van der Waals surface area (Å²) in [5.74, 6) is 5.87. The number of nitrogens with zero attached hydrogens (tertiary/aromatic N) is 1. The van der Waals surface area contributed by atoms with E-state index in [9.17, 15) is 4.79 Å². The molecule has 6 nitrogen and oxygen atoms in total. The molecule has 5 N–H and O–H groups in total. The summed E-state index contributed by atoms with van der Waals surface area (Å²) in [5.41, 5.74) is 2.48. The summed E-state index contributed by atoms with van der Waals surface area (Å²) in [6.45, 7) is 7.23. The quantitative estimate of drug-likeness (QED) is 0.168. The Kier molecular flexibility index (Phi) is 9.14. The van der Waals surface area contributed by atoms with Crippen LogP contribution in [0.1, 0.15) is 40.0 Å². The molecule has 0 bridgehead atoms. The number of hydrazine groups is 1. The van der Waals surface area contributed by atoms with Crippen LogP contribution in [0.25, 0.3) is 0 Å². The second kappa shape index (κ2) is 9.89. The molecule has 6 heteroatoms. The first-order chi connectivity index (χ1) is 8.10. The van der Waals surface area contributed by atoms with E-state index in [1.54, 1.807) is 0 Å². The molecule has 0 saturated carbocycles. The zero-order valence-electron chi connectivity index (χ0n) is 11.0. The molecule has 0 saturated heterocycles. The Morgan fingerprint density at radius 1 is 1.41 bits per heavy atom. The maximum absolute atomic E-state index is 11.3. The lowest BCUT2D eigenvalue weighted by Gasteiger charge is -2.10. The van der Waals surface area contributed by atoms with Crippen LogP contribution < -0.4 is 21.9 Å². The number of guanidine groups is 1. The third-order valence-corrected chi connectivity index (χ3v) is 2.01. The van der Waals surface area contributed by atoms with Crippen molar-refractivity contribution >= 4 is 11.9 Å². The Bertz CT molecular complexity index is 240. The Balaban J connectivity index is 3.76. The number of nitrogens with two attached hydrogens (primary N) is 1. The highest BCUT2D eigenvalue weighted by Gasteiger charge is 2.03. The molecule has 17 heavy (non-hydrogen) atoms. The summed E-state index contributed by atoms with van der Waals surface area (Å²) in [6.07, 6.45) is 2.53. The average Bonchev–Trinajstić information content (AvgIpc) is 2.26. The van der Waals surface area contributed by atoms with Gasteiger partial charge in [-0.1, -0.05) is 13.3 Å². The van der Waals surface area contributed by atoms with Crippen molar-refractivity contribution < 1.29 is 4.79 Å². The molecule has 0 radical (unpaired) electrons. The van der Waals surface area contributed by atoms with Gasteiger partial charge in [-0.05, 0) is 20.3 Å². The number of carbonyl (C=O) groups is 1. The molecule has 0 aromatic carbocycles. The predicted molar refractivity (Wildman–Crippen MR) is 70.4 cm³/mol. The second-order valence-corrected chi connectivity index (χ2v) is 4.13. The van der Waals surface area contributed by atoms with E-state index in [1.807, 2.05) is 13.8 Å². The monoisotopic (exact) mass is 243 g/mol. The van der Waals surface area contributed by atoms with Gasteiger partial charge < -0.3 is 10.6 Å². The fourth-order valence-corrected chi connectivity index (χ4v) is 1.19. The SMILES string of the molecule is CCCCN=C(NN)NCCC(=O)NC(C)C. The fourth-order valence-electron chi connectivity index (χ4n) is 1.19. The van der Waals surface area contributed by atoms with Crippen molar-refractivity contribution in [2.24, 2.45) is 10.8 Å². The number of aliphatic imine (C=N–C) groups is 1. The van der Waals surface area contributed by atoms with Gasteiger partial charge in [0.2, 0.25) is 11.9 Å². The number of carbonyl (C=O) groups excluding carboxylic acids is 1. The van der Waals surface area contributed by atoms with E-state index in [2.05, 4.69) is 28.0 Å². The Labute approximate surface area is 103 Å². The van der Waals surface area contributed by atoms with Gasteiger partial charge in [-0.3, -0.25) is 15.2 Å². The zero-order chi connectivity index (χ0) is 13.1. The highest BCUT2D eigenvalue weighted by Crippen LogP contribution is 1.87. The normalized spacial score (nSPS) is 11.5. The summed E-state index contributed by atoms with van der Waals surface area (Å²) in [5, 5.41) is 5.80. The minimum atomic E-state index is 0.0254. The molecule has 0 fully saturated rings. The van der Waals surface area contributed by atoms with Crippen molar-refractivity contribution in [1.82, 2.24) is 16.1 Å². The van der Waals surface area contributed by atoms with Crippen molar-refractivity contribution in [1.29, 1.82) is 0 Å². The molecule has 0 atom stereocenters. The third-order valence-electron chi connectivity index (χ3n) is 2.01. The first kappa shape index (κ1) is 15.7. The van der Waals surface area contributed by atoms with Crippen LogP contribution in [0.5, 0.6) is 0 Å². The molecule has 0 aromatic heterocycles. The van der Waals surface area contributed by atoms with Gasteiger partial charge in [0.1, 0.15) is 0 Å². The zero-order valence-corrected chi connectivity index (χ0v) is 11.0. The van der Waals surface area contributed by atoms with Crippen molar-refractivity contribution in [3.8, 4) is 0 Å². The van der Waals surface area contributed by atoms with Crippen molar-refractivity contribution in [2.75, 3.05) is 13.1 Å². The summed E-state index contributed by atoms with van der Waals surface area (Å²) in [4.78, 5) is 15.6. The van der Waals surface area contributed by atoms with Crippen LogP contribution in [0.2, 0.25) is 0 Å². The van der Waals surface area contributed by atoms with Crippen LogP contribution in [0, 0.1) is 0 Å². The molecular weight excluding hydrogens is 218 g/mol. The molecule has 0 unspecified atom stereocenters. The summed E-state index contributed by atoms with van der Waals surface area (Å²) < 4.78 is 0. The first-order valence-electron chi connectivity index (χ1n) is 6.14. The van der Waals surface area contributed by atoms with Gasteiger partial charge >= 0.3 is 0 Å². The highest BCUT2D eigenvalue weighted by molar-refractivity contribution is 5.80. The summed E-state index contributed by atoms with van der Waals surface area (Å²) in [6, 6.07) is 0.174. The van der Waals surface area contributed by atoms with Gasteiger partial charge in [0.05, 0.1) is 0 Å². The number of hydrogen-bond acceptors (Lipinski definition) is 3. The van der Waals surface area contributed by atoms with E-state index >= 15 is 0 Å². The summed E-state index contributed by atoms with van der Waals surface area (Å²) >= 11 is 0. The van der Waals surface area contributed by atoms with E-state index in [0.717, 1.165) is 19.4 Å². The molecule has 0 spiro atoms. The van der Waals surface area contributed by atoms with Crippen LogP contribution in [-0.2, 0) is 4.79 Å². The molecule has 0 rings (SSSR count). The van der Waals surface area contributed by atoms with E-state index in [-0.39, 0.29) is 11.9 Å². The molecule has 0 aliphatic carbocycles. The van der Waals surface area contributed by atoms with Crippen LogP contribution in [-0.4, -0.2) is 31.0 Å². The number of nitrogens with one attached hydrogen (secondary N) is 3. The van der Waals surface area contributed by atoms with Gasteiger partial charge in [-0.15, -0.1) is 0 Å².